The molecule has 2 fully saturated rings. The highest BCUT2D eigenvalue weighted by atomic mass is 16.5. The first-order valence-corrected chi connectivity index (χ1v) is 13.3. The van der Waals surface area contributed by atoms with Crippen molar-refractivity contribution in [3.63, 3.8) is 0 Å². The van der Waals surface area contributed by atoms with Crippen molar-refractivity contribution in [2.45, 2.75) is 106 Å². The third-order valence-electron chi connectivity index (χ3n) is 10.2. The summed E-state index contributed by atoms with van der Waals surface area (Å²) in [7, 11) is 0. The van der Waals surface area contributed by atoms with Gasteiger partial charge < -0.3 is 4.74 Å². The van der Waals surface area contributed by atoms with Crippen LogP contribution in [0.25, 0.3) is 0 Å². The standard InChI is InChI=1S/C30H46O2/c1-19(2)20(3)8-9-21(4)26-12-13-27-25-11-10-23-18-24(32-22(5)31)14-16-29(23,6)28(25)15-17-30(26,27)7/h8-10,19-21,24,26-27H,11-18H2,1-7H3/b9-8+/t20?,21-,24-,26?,27?,29-,30+/m0/s1. The minimum absolute atomic E-state index is 0.0829. The number of carbonyl (C=O) groups excluding carboxylic acids is 1. The maximum Gasteiger partial charge on any atom is 0.302 e. The van der Waals surface area contributed by atoms with Crippen LogP contribution in [0.2, 0.25) is 0 Å². The van der Waals surface area contributed by atoms with E-state index in [0.29, 0.717) is 23.2 Å². The van der Waals surface area contributed by atoms with Gasteiger partial charge >= 0.3 is 5.97 Å². The number of hydrogen-bond donors (Lipinski definition) is 0. The molecule has 0 radical (unpaired) electrons. The van der Waals surface area contributed by atoms with Crippen LogP contribution in [0.1, 0.15) is 99.8 Å². The average molecular weight is 439 g/mol. The van der Waals surface area contributed by atoms with E-state index < -0.39 is 0 Å². The summed E-state index contributed by atoms with van der Waals surface area (Å²) in [5.41, 5.74) is 5.77. The molecule has 4 aliphatic rings. The highest BCUT2D eigenvalue weighted by Gasteiger charge is 2.54. The van der Waals surface area contributed by atoms with E-state index in [1.807, 2.05) is 0 Å². The topological polar surface area (TPSA) is 26.3 Å². The van der Waals surface area contributed by atoms with Crippen molar-refractivity contribution in [3.05, 3.63) is 34.9 Å². The van der Waals surface area contributed by atoms with Gasteiger partial charge in [0.1, 0.15) is 6.10 Å². The minimum Gasteiger partial charge on any atom is -0.462 e. The Morgan fingerprint density at radius 1 is 1.09 bits per heavy atom. The molecule has 0 spiro atoms. The predicted molar refractivity (Wildman–Crippen MR) is 133 cm³/mol. The Balaban J connectivity index is 1.53. The Bertz CT molecular complexity index is 830. The molecule has 0 aromatic carbocycles. The summed E-state index contributed by atoms with van der Waals surface area (Å²) < 4.78 is 5.60. The second-order valence-electron chi connectivity index (χ2n) is 12.3. The summed E-state index contributed by atoms with van der Waals surface area (Å²) in [6.07, 6.45) is 17.2. The van der Waals surface area contributed by atoms with Crippen molar-refractivity contribution in [1.82, 2.24) is 0 Å². The number of carbonyl (C=O) groups is 1. The SMILES string of the molecule is CC(=O)O[C@H]1CC[C@@]2(C)C(=CCC3=C2CC[C@@]2(C)C3CCC2[C@@H](C)/C=C/C(C)C(C)C)C1. The molecule has 4 rings (SSSR count). The first-order chi connectivity index (χ1) is 15.1. The van der Waals surface area contributed by atoms with Gasteiger partial charge in [-0.2, -0.15) is 0 Å². The van der Waals surface area contributed by atoms with Crippen molar-refractivity contribution < 1.29 is 9.53 Å². The second-order valence-corrected chi connectivity index (χ2v) is 12.3. The molecule has 3 unspecified atom stereocenters. The number of hydrogen-bond acceptors (Lipinski definition) is 2. The van der Waals surface area contributed by atoms with E-state index in [1.165, 1.54) is 25.7 Å². The molecule has 0 heterocycles. The molecule has 0 aliphatic heterocycles. The third-order valence-corrected chi connectivity index (χ3v) is 10.2. The van der Waals surface area contributed by atoms with Gasteiger partial charge in [0.15, 0.2) is 0 Å². The van der Waals surface area contributed by atoms with Crippen molar-refractivity contribution in [2.75, 3.05) is 0 Å². The zero-order chi connectivity index (χ0) is 23.3. The Kier molecular flexibility index (Phi) is 6.56. The summed E-state index contributed by atoms with van der Waals surface area (Å²) in [5.74, 6) is 3.47. The molecule has 32 heavy (non-hydrogen) atoms. The molecule has 7 atom stereocenters. The molecular formula is C30H46O2. The first-order valence-electron chi connectivity index (χ1n) is 13.3. The maximum atomic E-state index is 11.5. The highest BCUT2D eigenvalue weighted by Crippen LogP contribution is 2.64. The zero-order valence-electron chi connectivity index (χ0n) is 21.7. The molecule has 0 bridgehead atoms. The van der Waals surface area contributed by atoms with Gasteiger partial charge in [0.05, 0.1) is 0 Å². The lowest BCUT2D eigenvalue weighted by molar-refractivity contribution is -0.147. The van der Waals surface area contributed by atoms with Gasteiger partial charge in [-0.25, -0.2) is 0 Å². The summed E-state index contributed by atoms with van der Waals surface area (Å²) in [4.78, 5) is 11.5. The summed E-state index contributed by atoms with van der Waals surface area (Å²) in [5, 5.41) is 0. The van der Waals surface area contributed by atoms with Gasteiger partial charge in [-0.3, -0.25) is 4.79 Å². The van der Waals surface area contributed by atoms with Crippen LogP contribution in [-0.2, 0) is 9.53 Å². The molecule has 0 aromatic heterocycles. The van der Waals surface area contributed by atoms with Gasteiger partial charge in [0.25, 0.3) is 0 Å². The fourth-order valence-electron chi connectivity index (χ4n) is 7.83. The normalized spacial score (nSPS) is 38.8. The lowest BCUT2D eigenvalue weighted by Crippen LogP contribution is -2.42. The molecule has 2 saturated carbocycles. The molecule has 2 nitrogen and oxygen atoms in total. The molecule has 0 N–H and O–H groups in total. The van der Waals surface area contributed by atoms with Crippen LogP contribution < -0.4 is 0 Å². The molecule has 178 valence electrons. The molecule has 0 aromatic rings. The predicted octanol–water partition coefficient (Wildman–Crippen LogP) is 8.05. The highest BCUT2D eigenvalue weighted by molar-refractivity contribution is 5.66. The lowest BCUT2D eigenvalue weighted by Gasteiger charge is -2.52. The number of esters is 1. The van der Waals surface area contributed by atoms with E-state index in [0.717, 1.165) is 37.5 Å². The van der Waals surface area contributed by atoms with E-state index in [4.69, 9.17) is 4.74 Å². The van der Waals surface area contributed by atoms with Gasteiger partial charge in [0, 0.05) is 18.8 Å². The number of rotatable bonds is 5. The lowest BCUT2D eigenvalue weighted by atomic mass is 9.53. The van der Waals surface area contributed by atoms with E-state index in [1.54, 1.807) is 23.6 Å². The quantitative estimate of drug-likeness (QED) is 0.320. The monoisotopic (exact) mass is 438 g/mol. The zero-order valence-corrected chi connectivity index (χ0v) is 21.7. The van der Waals surface area contributed by atoms with E-state index in [9.17, 15) is 4.79 Å². The largest absolute Gasteiger partial charge is 0.462 e. The summed E-state index contributed by atoms with van der Waals surface area (Å²) in [6, 6.07) is 0. The van der Waals surface area contributed by atoms with Crippen LogP contribution in [0.3, 0.4) is 0 Å². The third kappa shape index (κ3) is 4.05. The van der Waals surface area contributed by atoms with Gasteiger partial charge in [-0.15, -0.1) is 0 Å². The molecule has 2 heteroatoms. The van der Waals surface area contributed by atoms with Crippen molar-refractivity contribution in [2.24, 2.45) is 40.4 Å². The number of ether oxygens (including phenoxy) is 1. The van der Waals surface area contributed by atoms with Crippen molar-refractivity contribution in [3.8, 4) is 0 Å². The Morgan fingerprint density at radius 3 is 2.53 bits per heavy atom. The number of fused-ring (bicyclic) bond motifs is 4. The van der Waals surface area contributed by atoms with Crippen LogP contribution in [0.5, 0.6) is 0 Å². The average Bonchev–Trinajstić information content (AvgIpc) is 3.08. The van der Waals surface area contributed by atoms with Crippen LogP contribution in [0.15, 0.2) is 34.9 Å². The molecular weight excluding hydrogens is 392 g/mol. The Hall–Kier alpha value is -1.31. The minimum atomic E-state index is -0.133. The summed E-state index contributed by atoms with van der Waals surface area (Å²) >= 11 is 0. The van der Waals surface area contributed by atoms with Crippen LogP contribution >= 0.6 is 0 Å². The smallest absolute Gasteiger partial charge is 0.302 e. The molecule has 4 aliphatic carbocycles. The number of allylic oxidation sites excluding steroid dienone is 5. The van der Waals surface area contributed by atoms with Crippen LogP contribution in [0.4, 0.5) is 0 Å². The van der Waals surface area contributed by atoms with Crippen molar-refractivity contribution in [1.29, 1.82) is 0 Å². The van der Waals surface area contributed by atoms with E-state index >= 15 is 0 Å². The van der Waals surface area contributed by atoms with Crippen molar-refractivity contribution >= 4 is 5.97 Å². The van der Waals surface area contributed by atoms with Crippen LogP contribution in [0, 0.1) is 40.4 Å². The van der Waals surface area contributed by atoms with Gasteiger partial charge in [-0.05, 0) is 80.0 Å². The van der Waals surface area contributed by atoms with Crippen LogP contribution in [-0.4, -0.2) is 12.1 Å². The van der Waals surface area contributed by atoms with E-state index in [-0.39, 0.29) is 17.5 Å². The molecule has 0 saturated heterocycles. The summed E-state index contributed by atoms with van der Waals surface area (Å²) in [6.45, 7) is 16.1. The van der Waals surface area contributed by atoms with E-state index in [2.05, 4.69) is 59.8 Å². The molecule has 0 amide bonds. The van der Waals surface area contributed by atoms with Gasteiger partial charge in [-0.1, -0.05) is 76.5 Å². The first kappa shape index (κ1) is 23.8. The second kappa shape index (κ2) is 8.80. The maximum absolute atomic E-state index is 11.5. The fraction of sp³-hybridized carbons (Fsp3) is 0.767. The Labute approximate surface area is 197 Å². The fourth-order valence-corrected chi connectivity index (χ4v) is 7.83. The van der Waals surface area contributed by atoms with Gasteiger partial charge in [0.2, 0.25) is 0 Å². The Morgan fingerprint density at radius 2 is 1.84 bits per heavy atom.